The topological polar surface area (TPSA) is 119 Å². The highest BCUT2D eigenvalue weighted by atomic mass is 19.2. The zero-order valence-electron chi connectivity index (χ0n) is 8.85. The Balaban J connectivity index is 3.03. The number of pyridine rings is 1. The predicted molar refractivity (Wildman–Crippen MR) is 57.8 cm³/mol. The fourth-order valence-electron chi connectivity index (χ4n) is 1.60. The molecule has 0 aliphatic carbocycles. The molecule has 0 atom stereocenters. The first-order valence-electron chi connectivity index (χ1n) is 4.66. The molecule has 98 valence electrons. The third-order valence-electron chi connectivity index (χ3n) is 2.35. The van der Waals surface area contributed by atoms with Gasteiger partial charge in [0.1, 0.15) is 10.9 Å². The largest absolute Gasteiger partial charge is 0.358 e. The van der Waals surface area contributed by atoms with E-state index in [-0.39, 0.29) is 0 Å². The van der Waals surface area contributed by atoms with Crippen molar-refractivity contribution in [2.75, 3.05) is 0 Å². The Morgan fingerprint density at radius 2 is 1.74 bits per heavy atom. The summed E-state index contributed by atoms with van der Waals surface area (Å²) >= 11 is 0. The number of aromatic amines is 1. The first-order valence-corrected chi connectivity index (χ1v) is 4.66. The second kappa shape index (κ2) is 4.08. The van der Waals surface area contributed by atoms with Gasteiger partial charge in [-0.15, -0.1) is 0 Å². The summed E-state index contributed by atoms with van der Waals surface area (Å²) in [6.07, 6.45) is 0. The van der Waals surface area contributed by atoms with Gasteiger partial charge >= 0.3 is 11.5 Å². The minimum absolute atomic E-state index is 0.450. The molecule has 2 rings (SSSR count). The molecule has 0 saturated heterocycles. The first kappa shape index (κ1) is 12.5. The third kappa shape index (κ3) is 1.88. The van der Waals surface area contributed by atoms with E-state index in [0.717, 1.165) is 0 Å². The highest BCUT2D eigenvalue weighted by molar-refractivity contribution is 5.88. The lowest BCUT2D eigenvalue weighted by Gasteiger charge is -2.01. The number of nitrogens with zero attached hydrogens (tertiary/aromatic N) is 2. The van der Waals surface area contributed by atoms with Crippen LogP contribution in [0.3, 0.4) is 0 Å². The smallest absolute Gasteiger partial charge is 0.325 e. The number of benzene rings is 1. The van der Waals surface area contributed by atoms with Crippen molar-refractivity contribution in [2.24, 2.45) is 0 Å². The molecule has 0 bridgehead atoms. The Morgan fingerprint density at radius 3 is 2.26 bits per heavy atom. The van der Waals surface area contributed by atoms with Gasteiger partial charge < -0.3 is 10.1 Å². The van der Waals surface area contributed by atoms with Crippen LogP contribution in [-0.4, -0.2) is 14.8 Å². The van der Waals surface area contributed by atoms with Crippen LogP contribution in [0.2, 0.25) is 0 Å². The molecule has 0 saturated carbocycles. The van der Waals surface area contributed by atoms with Crippen LogP contribution < -0.4 is 5.43 Å². The van der Waals surface area contributed by atoms with Crippen molar-refractivity contribution in [3.05, 3.63) is 54.2 Å². The summed E-state index contributed by atoms with van der Waals surface area (Å²) in [5, 5.41) is 20.4. The van der Waals surface area contributed by atoms with Gasteiger partial charge in [-0.05, 0) is 4.92 Å². The van der Waals surface area contributed by atoms with Crippen LogP contribution in [-0.2, 0) is 0 Å². The number of fused-ring (bicyclic) bond motifs is 1. The number of hydrogen-bond acceptors (Lipinski definition) is 5. The molecule has 8 nitrogen and oxygen atoms in total. The molecule has 1 N–H and O–H groups in total. The second-order valence-electron chi connectivity index (χ2n) is 3.48. The third-order valence-corrected chi connectivity index (χ3v) is 2.35. The number of H-pyrrole nitrogens is 1. The Bertz CT molecular complexity index is 785. The summed E-state index contributed by atoms with van der Waals surface area (Å²) in [4.78, 5) is 32.5. The van der Waals surface area contributed by atoms with Crippen LogP contribution in [0.1, 0.15) is 0 Å². The average molecular weight is 271 g/mol. The van der Waals surface area contributed by atoms with Crippen LogP contribution in [0.15, 0.2) is 16.9 Å². The summed E-state index contributed by atoms with van der Waals surface area (Å²) in [5.41, 5.74) is -3.03. The number of aromatic nitrogens is 1. The lowest BCUT2D eigenvalue weighted by atomic mass is 10.1. The van der Waals surface area contributed by atoms with Crippen molar-refractivity contribution < 1.29 is 18.6 Å². The number of nitrogens with one attached hydrogen (secondary N) is 1. The molecule has 0 aliphatic rings. The lowest BCUT2D eigenvalue weighted by molar-refractivity contribution is -0.389. The maximum Gasteiger partial charge on any atom is 0.325 e. The van der Waals surface area contributed by atoms with E-state index in [4.69, 9.17) is 0 Å². The maximum absolute atomic E-state index is 13.3. The minimum atomic E-state index is -1.79. The minimum Gasteiger partial charge on any atom is -0.358 e. The molecule has 1 heterocycles. The van der Waals surface area contributed by atoms with Crippen molar-refractivity contribution in [1.82, 2.24) is 4.98 Å². The fourth-order valence-corrected chi connectivity index (χ4v) is 1.60. The first-order chi connectivity index (χ1) is 8.82. The molecular weight excluding hydrogens is 268 g/mol. The quantitative estimate of drug-likeness (QED) is 0.657. The van der Waals surface area contributed by atoms with Gasteiger partial charge in [0.2, 0.25) is 11.2 Å². The van der Waals surface area contributed by atoms with Crippen molar-refractivity contribution in [2.45, 2.75) is 0 Å². The van der Waals surface area contributed by atoms with Gasteiger partial charge in [0.15, 0.2) is 5.82 Å². The molecular formula is C9H3F2N3O5. The average Bonchev–Trinajstić information content (AvgIpc) is 2.30. The Kier molecular flexibility index (Phi) is 2.70. The normalized spacial score (nSPS) is 10.6. The van der Waals surface area contributed by atoms with E-state index < -0.39 is 49.3 Å². The van der Waals surface area contributed by atoms with Crippen LogP contribution in [0.4, 0.5) is 20.3 Å². The number of nitro benzene ring substituents is 1. The van der Waals surface area contributed by atoms with E-state index in [2.05, 4.69) is 0 Å². The summed E-state index contributed by atoms with van der Waals surface area (Å²) in [7, 11) is 0. The molecule has 0 unspecified atom stereocenters. The van der Waals surface area contributed by atoms with Crippen LogP contribution in [0.5, 0.6) is 0 Å². The predicted octanol–water partition coefficient (Wildman–Crippen LogP) is 1.62. The Morgan fingerprint density at radius 1 is 1.11 bits per heavy atom. The molecule has 0 fully saturated rings. The number of hydrogen-bond donors (Lipinski definition) is 1. The number of nitro groups is 2. The maximum atomic E-state index is 13.3. The van der Waals surface area contributed by atoms with Crippen LogP contribution in [0, 0.1) is 31.9 Å². The molecule has 0 amide bonds. The SMILES string of the molecule is O=c1cc([N+](=O)[O-])[nH]c2cc(F)c(F)c([N+](=O)[O-])c12. The van der Waals surface area contributed by atoms with E-state index in [1.807, 2.05) is 4.98 Å². The van der Waals surface area contributed by atoms with Gasteiger partial charge in [-0.1, -0.05) is 0 Å². The van der Waals surface area contributed by atoms with E-state index in [9.17, 15) is 33.8 Å². The molecule has 0 spiro atoms. The zero-order chi connectivity index (χ0) is 14.3. The molecule has 10 heteroatoms. The molecule has 19 heavy (non-hydrogen) atoms. The second-order valence-corrected chi connectivity index (χ2v) is 3.48. The summed E-state index contributed by atoms with van der Waals surface area (Å²) < 4.78 is 26.5. The van der Waals surface area contributed by atoms with Crippen molar-refractivity contribution in [3.63, 3.8) is 0 Å². The molecule has 0 aliphatic heterocycles. The van der Waals surface area contributed by atoms with Gasteiger partial charge in [-0.3, -0.25) is 14.9 Å². The van der Waals surface area contributed by atoms with Crippen molar-refractivity contribution >= 4 is 22.4 Å². The van der Waals surface area contributed by atoms with Gasteiger partial charge in [0, 0.05) is 6.07 Å². The van der Waals surface area contributed by atoms with Gasteiger partial charge in [-0.2, -0.15) is 4.39 Å². The summed E-state index contributed by atoms with van der Waals surface area (Å²) in [6.45, 7) is 0. The van der Waals surface area contributed by atoms with Crippen LogP contribution in [0.25, 0.3) is 10.9 Å². The van der Waals surface area contributed by atoms with E-state index in [1.165, 1.54) is 0 Å². The monoisotopic (exact) mass is 271 g/mol. The standard InChI is InChI=1S/C9H3F2N3O5/c10-3-1-4-7(9(8(3)11)14(18)19)5(15)2-6(12-4)13(16)17/h1-2H,(H,12,15). The number of halogens is 2. The van der Waals surface area contributed by atoms with Crippen molar-refractivity contribution in [3.8, 4) is 0 Å². The van der Waals surface area contributed by atoms with Crippen LogP contribution >= 0.6 is 0 Å². The lowest BCUT2D eigenvalue weighted by Crippen LogP contribution is -2.09. The highest BCUT2D eigenvalue weighted by Gasteiger charge is 2.28. The summed E-state index contributed by atoms with van der Waals surface area (Å²) in [5.74, 6) is -4.16. The Hall–Kier alpha value is -2.91. The molecule has 1 aromatic carbocycles. The van der Waals surface area contributed by atoms with Gasteiger partial charge in [0.25, 0.3) is 0 Å². The van der Waals surface area contributed by atoms with Crippen molar-refractivity contribution in [1.29, 1.82) is 0 Å². The van der Waals surface area contributed by atoms with E-state index in [0.29, 0.717) is 12.1 Å². The Labute approximate surface area is 101 Å². The summed E-state index contributed by atoms with van der Waals surface area (Å²) in [6, 6.07) is 0.915. The van der Waals surface area contributed by atoms with Gasteiger partial charge in [0.05, 0.1) is 11.0 Å². The zero-order valence-corrected chi connectivity index (χ0v) is 8.85. The number of rotatable bonds is 2. The molecule has 1 aromatic heterocycles. The fraction of sp³-hybridized carbons (Fsp3) is 0. The van der Waals surface area contributed by atoms with E-state index >= 15 is 0 Å². The molecule has 0 radical (unpaired) electrons. The molecule has 2 aromatic rings. The highest BCUT2D eigenvalue weighted by Crippen LogP contribution is 2.28. The van der Waals surface area contributed by atoms with E-state index in [1.54, 1.807) is 0 Å². The van der Waals surface area contributed by atoms with Gasteiger partial charge in [-0.25, -0.2) is 9.37 Å².